The second-order valence-corrected chi connectivity index (χ2v) is 3.18. The maximum Gasteiger partial charge on any atom is 0.0737 e. The van der Waals surface area contributed by atoms with Gasteiger partial charge in [0.05, 0.1) is 12.6 Å². The van der Waals surface area contributed by atoms with Crippen LogP contribution in [0.3, 0.4) is 0 Å². The standard InChI is InChI=1S/C10H17NO/c1-3-10(11-4-2)9-6-5-7-12-8-9/h1,9-11H,4-8H2,2H3. The van der Waals surface area contributed by atoms with Crippen LogP contribution in [-0.4, -0.2) is 25.8 Å². The summed E-state index contributed by atoms with van der Waals surface area (Å²) in [5, 5.41) is 3.29. The quantitative estimate of drug-likeness (QED) is 0.634. The van der Waals surface area contributed by atoms with Gasteiger partial charge in [0.25, 0.3) is 0 Å². The number of hydrogen-bond donors (Lipinski definition) is 1. The molecule has 2 unspecified atom stereocenters. The normalized spacial score (nSPS) is 26.2. The molecule has 0 aromatic heterocycles. The average molecular weight is 167 g/mol. The highest BCUT2D eigenvalue weighted by molar-refractivity contribution is 5.02. The summed E-state index contributed by atoms with van der Waals surface area (Å²) in [5.41, 5.74) is 0. The Hall–Kier alpha value is -0.520. The Morgan fingerprint density at radius 3 is 3.08 bits per heavy atom. The largest absolute Gasteiger partial charge is 0.381 e. The summed E-state index contributed by atoms with van der Waals surface area (Å²) < 4.78 is 5.38. The topological polar surface area (TPSA) is 21.3 Å². The van der Waals surface area contributed by atoms with Crippen molar-refractivity contribution in [1.29, 1.82) is 0 Å². The number of terminal acetylenes is 1. The number of nitrogens with one attached hydrogen (secondary N) is 1. The summed E-state index contributed by atoms with van der Waals surface area (Å²) in [5.74, 6) is 3.30. The van der Waals surface area contributed by atoms with E-state index in [1.54, 1.807) is 0 Å². The highest BCUT2D eigenvalue weighted by atomic mass is 16.5. The van der Waals surface area contributed by atoms with Gasteiger partial charge in [0.1, 0.15) is 0 Å². The van der Waals surface area contributed by atoms with Gasteiger partial charge in [0, 0.05) is 12.5 Å². The first kappa shape index (κ1) is 9.57. The van der Waals surface area contributed by atoms with Gasteiger partial charge < -0.3 is 10.1 Å². The van der Waals surface area contributed by atoms with Gasteiger partial charge >= 0.3 is 0 Å². The van der Waals surface area contributed by atoms with Crippen LogP contribution in [0.15, 0.2) is 0 Å². The summed E-state index contributed by atoms with van der Waals surface area (Å²) in [7, 11) is 0. The van der Waals surface area contributed by atoms with Crippen LogP contribution in [0.1, 0.15) is 19.8 Å². The van der Waals surface area contributed by atoms with Crippen molar-refractivity contribution in [2.75, 3.05) is 19.8 Å². The minimum atomic E-state index is 0.204. The third-order valence-corrected chi connectivity index (χ3v) is 2.27. The Kier molecular flexibility index (Phi) is 4.13. The van der Waals surface area contributed by atoms with Gasteiger partial charge in [-0.3, -0.25) is 0 Å². The van der Waals surface area contributed by atoms with Crippen molar-refractivity contribution in [2.24, 2.45) is 5.92 Å². The summed E-state index contributed by atoms with van der Waals surface area (Å²) in [6, 6.07) is 0.204. The fourth-order valence-corrected chi connectivity index (χ4v) is 1.61. The zero-order valence-electron chi connectivity index (χ0n) is 7.68. The lowest BCUT2D eigenvalue weighted by Crippen LogP contribution is -2.39. The van der Waals surface area contributed by atoms with E-state index in [0.717, 1.165) is 26.2 Å². The van der Waals surface area contributed by atoms with E-state index in [9.17, 15) is 0 Å². The predicted molar refractivity (Wildman–Crippen MR) is 49.8 cm³/mol. The first-order valence-electron chi connectivity index (χ1n) is 4.65. The lowest BCUT2D eigenvalue weighted by Gasteiger charge is -2.27. The number of ether oxygens (including phenoxy) is 1. The molecule has 0 bridgehead atoms. The van der Waals surface area contributed by atoms with Crippen LogP contribution in [0, 0.1) is 18.3 Å². The highest BCUT2D eigenvalue weighted by Crippen LogP contribution is 2.16. The second-order valence-electron chi connectivity index (χ2n) is 3.18. The minimum absolute atomic E-state index is 0.204. The van der Waals surface area contributed by atoms with E-state index < -0.39 is 0 Å². The van der Waals surface area contributed by atoms with Crippen molar-refractivity contribution in [1.82, 2.24) is 5.32 Å². The van der Waals surface area contributed by atoms with Gasteiger partial charge in [-0.1, -0.05) is 12.8 Å². The molecule has 68 valence electrons. The van der Waals surface area contributed by atoms with E-state index in [1.165, 1.54) is 6.42 Å². The van der Waals surface area contributed by atoms with Gasteiger partial charge in [0.15, 0.2) is 0 Å². The molecule has 0 spiro atoms. The van der Waals surface area contributed by atoms with Crippen LogP contribution in [0.5, 0.6) is 0 Å². The molecule has 2 heteroatoms. The first-order chi connectivity index (χ1) is 5.88. The van der Waals surface area contributed by atoms with E-state index in [-0.39, 0.29) is 6.04 Å². The molecule has 0 amide bonds. The molecule has 1 N–H and O–H groups in total. The lowest BCUT2D eigenvalue weighted by molar-refractivity contribution is 0.0473. The number of rotatable bonds is 3. The molecular formula is C10H17NO. The molecule has 1 heterocycles. The van der Waals surface area contributed by atoms with Crippen LogP contribution in [0.25, 0.3) is 0 Å². The van der Waals surface area contributed by atoms with E-state index in [2.05, 4.69) is 18.2 Å². The maximum atomic E-state index is 5.42. The fourth-order valence-electron chi connectivity index (χ4n) is 1.61. The monoisotopic (exact) mass is 167 g/mol. The Morgan fingerprint density at radius 2 is 2.58 bits per heavy atom. The minimum Gasteiger partial charge on any atom is -0.381 e. The molecule has 1 rings (SSSR count). The zero-order chi connectivity index (χ0) is 8.81. The highest BCUT2D eigenvalue weighted by Gasteiger charge is 2.21. The van der Waals surface area contributed by atoms with Gasteiger partial charge in [-0.2, -0.15) is 0 Å². The van der Waals surface area contributed by atoms with Gasteiger partial charge in [0.2, 0.25) is 0 Å². The molecule has 1 aliphatic heterocycles. The molecular weight excluding hydrogens is 150 g/mol. The summed E-state index contributed by atoms with van der Waals surface area (Å²) in [4.78, 5) is 0. The molecule has 0 saturated carbocycles. The molecule has 1 fully saturated rings. The molecule has 0 radical (unpaired) electrons. The molecule has 2 nitrogen and oxygen atoms in total. The molecule has 0 aromatic rings. The Balaban J connectivity index is 2.36. The predicted octanol–water partition coefficient (Wildman–Crippen LogP) is 1.02. The van der Waals surface area contributed by atoms with E-state index in [4.69, 9.17) is 11.2 Å². The maximum absolute atomic E-state index is 5.42. The summed E-state index contributed by atoms with van der Waals surface area (Å²) in [6.45, 7) is 4.74. The van der Waals surface area contributed by atoms with Crippen LogP contribution in [0.2, 0.25) is 0 Å². The van der Waals surface area contributed by atoms with E-state index in [1.807, 2.05) is 0 Å². The van der Waals surface area contributed by atoms with Crippen LogP contribution >= 0.6 is 0 Å². The third-order valence-electron chi connectivity index (χ3n) is 2.27. The van der Waals surface area contributed by atoms with Crippen molar-refractivity contribution in [2.45, 2.75) is 25.8 Å². The molecule has 2 atom stereocenters. The molecule has 0 aliphatic carbocycles. The fraction of sp³-hybridized carbons (Fsp3) is 0.800. The second kappa shape index (κ2) is 5.18. The van der Waals surface area contributed by atoms with Crippen molar-refractivity contribution < 1.29 is 4.74 Å². The SMILES string of the molecule is C#CC(NCC)C1CCCOC1. The van der Waals surface area contributed by atoms with E-state index in [0.29, 0.717) is 5.92 Å². The Labute approximate surface area is 74.7 Å². The molecule has 12 heavy (non-hydrogen) atoms. The summed E-state index contributed by atoms with van der Waals surface area (Å²) in [6.07, 6.45) is 7.76. The molecule has 1 aliphatic rings. The van der Waals surface area contributed by atoms with Gasteiger partial charge in [-0.25, -0.2) is 0 Å². The van der Waals surface area contributed by atoms with Crippen LogP contribution in [0.4, 0.5) is 0 Å². The van der Waals surface area contributed by atoms with Crippen molar-refractivity contribution in [3.8, 4) is 12.3 Å². The molecule has 1 saturated heterocycles. The third kappa shape index (κ3) is 2.51. The van der Waals surface area contributed by atoms with Crippen molar-refractivity contribution in [3.05, 3.63) is 0 Å². The van der Waals surface area contributed by atoms with Crippen molar-refractivity contribution >= 4 is 0 Å². The Morgan fingerprint density at radius 1 is 1.75 bits per heavy atom. The first-order valence-corrected chi connectivity index (χ1v) is 4.65. The average Bonchev–Trinajstić information content (AvgIpc) is 2.15. The van der Waals surface area contributed by atoms with Gasteiger partial charge in [-0.05, 0) is 19.4 Å². The van der Waals surface area contributed by atoms with Gasteiger partial charge in [-0.15, -0.1) is 6.42 Å². The number of hydrogen-bond acceptors (Lipinski definition) is 2. The van der Waals surface area contributed by atoms with Crippen LogP contribution in [-0.2, 0) is 4.74 Å². The van der Waals surface area contributed by atoms with Crippen molar-refractivity contribution in [3.63, 3.8) is 0 Å². The van der Waals surface area contributed by atoms with E-state index >= 15 is 0 Å². The zero-order valence-corrected chi connectivity index (χ0v) is 7.68. The van der Waals surface area contributed by atoms with Crippen LogP contribution < -0.4 is 5.32 Å². The smallest absolute Gasteiger partial charge is 0.0737 e. The lowest BCUT2D eigenvalue weighted by atomic mass is 9.94. The summed E-state index contributed by atoms with van der Waals surface area (Å²) >= 11 is 0. The Bertz CT molecular complexity index is 156. The molecule has 0 aromatic carbocycles.